The normalized spacial score (nSPS) is 22.5. The van der Waals surface area contributed by atoms with E-state index in [0.717, 1.165) is 6.54 Å². The first kappa shape index (κ1) is 18.0. The van der Waals surface area contributed by atoms with Gasteiger partial charge in [-0.15, -0.1) is 0 Å². The fourth-order valence-corrected chi connectivity index (χ4v) is 3.17. The largest absolute Gasteiger partial charge is 0.313 e. The number of nitrogens with zero attached hydrogens (tertiary/aromatic N) is 1. The molecule has 0 spiro atoms. The zero-order valence-electron chi connectivity index (χ0n) is 14.9. The molecule has 20 heavy (non-hydrogen) atoms. The molecule has 2 nitrogen and oxygen atoms in total. The molecule has 1 N–H and O–H groups in total. The second-order valence-corrected chi connectivity index (χ2v) is 8.52. The summed E-state index contributed by atoms with van der Waals surface area (Å²) in [6.07, 6.45) is 6.62. The van der Waals surface area contributed by atoms with Gasteiger partial charge in [0, 0.05) is 6.04 Å². The van der Waals surface area contributed by atoms with Crippen LogP contribution < -0.4 is 5.32 Å². The van der Waals surface area contributed by atoms with Gasteiger partial charge in [-0.1, -0.05) is 41.5 Å². The molecule has 0 aromatic carbocycles. The Balaban J connectivity index is 2.42. The van der Waals surface area contributed by atoms with Crippen molar-refractivity contribution in [3.63, 3.8) is 0 Å². The van der Waals surface area contributed by atoms with Gasteiger partial charge in [0.25, 0.3) is 0 Å². The maximum atomic E-state index is 3.75. The standard InChI is InChI=1S/C18H38N2/c1-7-12-19-16(17(2,3)4)9-14-20-13-8-10-18(5,6)11-15-20/h16,19H,7-15H2,1-6H3. The molecule has 0 aromatic rings. The lowest BCUT2D eigenvalue weighted by Crippen LogP contribution is -2.43. The quantitative estimate of drug-likeness (QED) is 0.781. The highest BCUT2D eigenvalue weighted by molar-refractivity contribution is 4.83. The van der Waals surface area contributed by atoms with E-state index in [1.54, 1.807) is 0 Å². The van der Waals surface area contributed by atoms with E-state index in [1.807, 2.05) is 0 Å². The molecule has 0 saturated carbocycles. The lowest BCUT2D eigenvalue weighted by Gasteiger charge is -2.33. The van der Waals surface area contributed by atoms with E-state index in [0.29, 0.717) is 16.9 Å². The molecule has 0 amide bonds. The van der Waals surface area contributed by atoms with E-state index >= 15 is 0 Å². The van der Waals surface area contributed by atoms with Gasteiger partial charge in [-0.3, -0.25) is 0 Å². The van der Waals surface area contributed by atoms with Crippen molar-refractivity contribution in [1.82, 2.24) is 10.2 Å². The van der Waals surface area contributed by atoms with E-state index in [1.165, 1.54) is 51.7 Å². The van der Waals surface area contributed by atoms with Crippen LogP contribution in [0.5, 0.6) is 0 Å². The van der Waals surface area contributed by atoms with Crippen LogP contribution in [0.15, 0.2) is 0 Å². The molecule has 1 rings (SSSR count). The third-order valence-corrected chi connectivity index (χ3v) is 4.85. The van der Waals surface area contributed by atoms with Crippen LogP contribution in [0.4, 0.5) is 0 Å². The van der Waals surface area contributed by atoms with Gasteiger partial charge in [0.05, 0.1) is 0 Å². The fraction of sp³-hybridized carbons (Fsp3) is 1.00. The van der Waals surface area contributed by atoms with Gasteiger partial charge >= 0.3 is 0 Å². The van der Waals surface area contributed by atoms with Gasteiger partial charge in [-0.05, 0) is 69.1 Å². The van der Waals surface area contributed by atoms with Crippen LogP contribution in [-0.4, -0.2) is 37.1 Å². The molecule has 1 aliphatic heterocycles. The zero-order valence-corrected chi connectivity index (χ0v) is 14.9. The molecule has 2 heteroatoms. The van der Waals surface area contributed by atoms with Crippen LogP contribution in [0.1, 0.15) is 73.6 Å². The molecule has 120 valence electrons. The first-order chi connectivity index (χ1) is 9.24. The molecule has 1 atom stereocenters. The summed E-state index contributed by atoms with van der Waals surface area (Å²) in [6, 6.07) is 0.638. The Bertz CT molecular complexity index is 265. The first-order valence-corrected chi connectivity index (χ1v) is 8.70. The zero-order chi connectivity index (χ0) is 15.2. The number of hydrogen-bond acceptors (Lipinski definition) is 2. The van der Waals surface area contributed by atoms with Gasteiger partial charge in [-0.25, -0.2) is 0 Å². The van der Waals surface area contributed by atoms with Crippen molar-refractivity contribution in [2.24, 2.45) is 10.8 Å². The van der Waals surface area contributed by atoms with Crippen molar-refractivity contribution >= 4 is 0 Å². The number of likely N-dealkylation sites (tertiary alicyclic amines) is 1. The molecule has 1 saturated heterocycles. The smallest absolute Gasteiger partial charge is 0.0128 e. The molecule has 0 aliphatic carbocycles. The second-order valence-electron chi connectivity index (χ2n) is 8.52. The summed E-state index contributed by atoms with van der Waals surface area (Å²) in [6.45, 7) is 19.2. The molecule has 0 aromatic heterocycles. The van der Waals surface area contributed by atoms with Gasteiger partial charge in [-0.2, -0.15) is 0 Å². The van der Waals surface area contributed by atoms with E-state index in [4.69, 9.17) is 0 Å². The lowest BCUT2D eigenvalue weighted by atomic mass is 9.84. The van der Waals surface area contributed by atoms with Crippen LogP contribution >= 0.6 is 0 Å². The Hall–Kier alpha value is -0.0800. The Labute approximate surface area is 127 Å². The summed E-state index contributed by atoms with van der Waals surface area (Å²) in [7, 11) is 0. The summed E-state index contributed by atoms with van der Waals surface area (Å²) in [5.41, 5.74) is 0.916. The average molecular weight is 283 g/mol. The maximum Gasteiger partial charge on any atom is 0.0128 e. The van der Waals surface area contributed by atoms with Crippen molar-refractivity contribution in [3.8, 4) is 0 Å². The van der Waals surface area contributed by atoms with Crippen LogP contribution in [0.25, 0.3) is 0 Å². The van der Waals surface area contributed by atoms with Gasteiger partial charge in [0.2, 0.25) is 0 Å². The molecular weight excluding hydrogens is 244 g/mol. The third-order valence-electron chi connectivity index (χ3n) is 4.85. The summed E-state index contributed by atoms with van der Waals surface area (Å²) in [5, 5.41) is 3.75. The Morgan fingerprint density at radius 2 is 1.85 bits per heavy atom. The molecule has 0 bridgehead atoms. The average Bonchev–Trinajstić information content (AvgIpc) is 2.49. The van der Waals surface area contributed by atoms with Crippen molar-refractivity contribution in [2.45, 2.75) is 79.7 Å². The Morgan fingerprint density at radius 1 is 1.15 bits per heavy atom. The van der Waals surface area contributed by atoms with Gasteiger partial charge < -0.3 is 10.2 Å². The van der Waals surface area contributed by atoms with Crippen LogP contribution in [-0.2, 0) is 0 Å². The lowest BCUT2D eigenvalue weighted by molar-refractivity contribution is 0.203. The molecular formula is C18H38N2. The van der Waals surface area contributed by atoms with E-state index in [9.17, 15) is 0 Å². The van der Waals surface area contributed by atoms with Crippen molar-refractivity contribution in [2.75, 3.05) is 26.2 Å². The van der Waals surface area contributed by atoms with Gasteiger partial charge in [0.15, 0.2) is 0 Å². The SMILES string of the molecule is CCCNC(CCN1CCCC(C)(C)CC1)C(C)(C)C. The summed E-state index contributed by atoms with van der Waals surface area (Å²) < 4.78 is 0. The first-order valence-electron chi connectivity index (χ1n) is 8.70. The fourth-order valence-electron chi connectivity index (χ4n) is 3.17. The van der Waals surface area contributed by atoms with Crippen molar-refractivity contribution in [3.05, 3.63) is 0 Å². The third kappa shape index (κ3) is 6.58. The predicted octanol–water partition coefficient (Wildman–Crippen LogP) is 4.30. The molecule has 1 fully saturated rings. The summed E-state index contributed by atoms with van der Waals surface area (Å²) >= 11 is 0. The van der Waals surface area contributed by atoms with Crippen LogP contribution in [0, 0.1) is 10.8 Å². The number of hydrogen-bond donors (Lipinski definition) is 1. The second kappa shape index (κ2) is 7.79. The maximum absolute atomic E-state index is 3.75. The Morgan fingerprint density at radius 3 is 2.45 bits per heavy atom. The molecule has 1 aliphatic rings. The van der Waals surface area contributed by atoms with Crippen LogP contribution in [0.2, 0.25) is 0 Å². The van der Waals surface area contributed by atoms with Crippen molar-refractivity contribution < 1.29 is 0 Å². The molecule has 0 radical (unpaired) electrons. The predicted molar refractivity (Wildman–Crippen MR) is 90.2 cm³/mol. The highest BCUT2D eigenvalue weighted by atomic mass is 15.1. The van der Waals surface area contributed by atoms with E-state index < -0.39 is 0 Å². The minimum Gasteiger partial charge on any atom is -0.313 e. The highest BCUT2D eigenvalue weighted by Gasteiger charge is 2.26. The number of rotatable bonds is 6. The topological polar surface area (TPSA) is 15.3 Å². The molecule has 1 unspecified atom stereocenters. The van der Waals surface area contributed by atoms with Gasteiger partial charge in [0.1, 0.15) is 0 Å². The van der Waals surface area contributed by atoms with E-state index in [2.05, 4.69) is 51.8 Å². The minimum absolute atomic E-state index is 0.361. The Kier molecular flexibility index (Phi) is 7.00. The highest BCUT2D eigenvalue weighted by Crippen LogP contribution is 2.30. The van der Waals surface area contributed by atoms with Crippen molar-refractivity contribution in [1.29, 1.82) is 0 Å². The monoisotopic (exact) mass is 282 g/mol. The molecule has 1 heterocycles. The summed E-state index contributed by atoms with van der Waals surface area (Å²) in [5.74, 6) is 0. The minimum atomic E-state index is 0.361. The summed E-state index contributed by atoms with van der Waals surface area (Å²) in [4.78, 5) is 2.70. The van der Waals surface area contributed by atoms with E-state index in [-0.39, 0.29) is 0 Å². The van der Waals surface area contributed by atoms with Crippen LogP contribution in [0.3, 0.4) is 0 Å². The number of nitrogens with one attached hydrogen (secondary N) is 1.